The summed E-state index contributed by atoms with van der Waals surface area (Å²) in [5.74, 6) is -0.478. The molecule has 7 nitrogen and oxygen atoms in total. The number of benzene rings is 1. The normalized spacial score (nSPS) is 24.8. The number of hydrogen-bond donors (Lipinski definition) is 4. The molecule has 0 aromatic heterocycles. The monoisotopic (exact) mass is 421 g/mol. The molecule has 0 radical (unpaired) electrons. The Bertz CT molecular complexity index is 694. The first kappa shape index (κ1) is 22.5. The molecule has 30 heavy (non-hydrogen) atoms. The lowest BCUT2D eigenvalue weighted by Crippen LogP contribution is -2.55. The average molecular weight is 422 g/mol. The first-order chi connectivity index (χ1) is 14.5. The molecule has 0 bridgehead atoms. The number of ether oxygens (including phenoxy) is 1. The zero-order chi connectivity index (χ0) is 21.3. The fourth-order valence-electron chi connectivity index (χ4n) is 4.17. The lowest BCUT2D eigenvalue weighted by Gasteiger charge is -2.36. The lowest BCUT2D eigenvalue weighted by molar-refractivity contribution is -0.130. The van der Waals surface area contributed by atoms with Gasteiger partial charge in [0.15, 0.2) is 0 Å². The van der Waals surface area contributed by atoms with Gasteiger partial charge in [-0.25, -0.2) is 9.18 Å². The van der Waals surface area contributed by atoms with Crippen LogP contribution in [0, 0.1) is 5.82 Å². The fourth-order valence-corrected chi connectivity index (χ4v) is 4.17. The van der Waals surface area contributed by atoms with Crippen molar-refractivity contribution in [3.05, 3.63) is 35.6 Å². The topological polar surface area (TPSA) is 99.7 Å². The van der Waals surface area contributed by atoms with E-state index in [1.54, 1.807) is 12.1 Å². The van der Waals surface area contributed by atoms with E-state index in [0.717, 1.165) is 31.2 Å². The number of rotatable bonds is 7. The Kier molecular flexibility index (Phi) is 8.45. The van der Waals surface area contributed by atoms with Crippen molar-refractivity contribution < 1.29 is 23.8 Å². The second-order valence-electron chi connectivity index (χ2n) is 8.22. The van der Waals surface area contributed by atoms with Crippen LogP contribution in [0.15, 0.2) is 24.3 Å². The predicted octanol–water partition coefficient (Wildman–Crippen LogP) is 2.37. The third-order valence-electron chi connectivity index (χ3n) is 5.87. The van der Waals surface area contributed by atoms with Gasteiger partial charge in [0.1, 0.15) is 11.9 Å². The molecule has 3 atom stereocenters. The van der Waals surface area contributed by atoms with Crippen molar-refractivity contribution in [2.24, 2.45) is 0 Å². The number of hydrogen-bond acceptors (Lipinski definition) is 4. The highest BCUT2D eigenvalue weighted by atomic mass is 19.1. The van der Waals surface area contributed by atoms with Gasteiger partial charge in [-0.05, 0) is 43.4 Å². The molecule has 0 unspecified atom stereocenters. The van der Waals surface area contributed by atoms with Gasteiger partial charge in [-0.2, -0.15) is 0 Å². The maximum absolute atomic E-state index is 12.9. The molecule has 2 aliphatic rings. The first-order valence-electron chi connectivity index (χ1n) is 10.9. The van der Waals surface area contributed by atoms with Gasteiger partial charge in [0.05, 0.1) is 25.2 Å². The van der Waals surface area contributed by atoms with Crippen molar-refractivity contribution in [1.29, 1.82) is 0 Å². The Balaban J connectivity index is 1.40. The molecule has 4 N–H and O–H groups in total. The quantitative estimate of drug-likeness (QED) is 0.543. The summed E-state index contributed by atoms with van der Waals surface area (Å²) in [4.78, 5) is 24.5. The van der Waals surface area contributed by atoms with Crippen LogP contribution in [0.25, 0.3) is 0 Å². The van der Waals surface area contributed by atoms with E-state index in [1.165, 1.54) is 18.6 Å². The molecule has 2 fully saturated rings. The highest BCUT2D eigenvalue weighted by Gasteiger charge is 2.33. The molecule has 1 heterocycles. The summed E-state index contributed by atoms with van der Waals surface area (Å²) in [6.45, 7) is 0.100. The van der Waals surface area contributed by atoms with Crippen LogP contribution < -0.4 is 16.0 Å². The molecule has 0 spiro atoms. The SMILES string of the molecule is O=C(C[C@@H]1CC[C@H](NC(=O)NC2CCCCC2)[C@H](CO)O1)NCc1ccc(F)cc1. The van der Waals surface area contributed by atoms with Gasteiger partial charge >= 0.3 is 6.03 Å². The summed E-state index contributed by atoms with van der Waals surface area (Å²) in [6.07, 6.45) is 6.11. The fraction of sp³-hybridized carbons (Fsp3) is 0.636. The smallest absolute Gasteiger partial charge is 0.315 e. The van der Waals surface area contributed by atoms with Crippen LogP contribution in [0.2, 0.25) is 0 Å². The van der Waals surface area contributed by atoms with E-state index in [-0.39, 0.29) is 49.0 Å². The standard InChI is InChI=1S/C22H32FN3O4/c23-16-8-6-15(7-9-16)13-24-21(28)12-18-10-11-19(20(14-27)30-18)26-22(29)25-17-4-2-1-3-5-17/h6-9,17-20,27H,1-5,10-14H2,(H,24,28)(H2,25,26,29)/t18-,19-,20-/m0/s1. The molecule has 166 valence electrons. The van der Waals surface area contributed by atoms with Gasteiger partial charge in [-0.3, -0.25) is 4.79 Å². The highest BCUT2D eigenvalue weighted by Crippen LogP contribution is 2.22. The van der Waals surface area contributed by atoms with Gasteiger partial charge in [0.2, 0.25) is 5.91 Å². The summed E-state index contributed by atoms with van der Waals surface area (Å²) in [5.41, 5.74) is 0.816. The summed E-state index contributed by atoms with van der Waals surface area (Å²) in [5, 5.41) is 18.4. The zero-order valence-corrected chi connectivity index (χ0v) is 17.2. The predicted molar refractivity (Wildman–Crippen MR) is 110 cm³/mol. The van der Waals surface area contributed by atoms with Crippen molar-refractivity contribution in [2.75, 3.05) is 6.61 Å². The van der Waals surface area contributed by atoms with Crippen LogP contribution in [0.5, 0.6) is 0 Å². The Morgan fingerprint density at radius 2 is 1.77 bits per heavy atom. The maximum atomic E-state index is 12.9. The van der Waals surface area contributed by atoms with Gasteiger partial charge in [-0.1, -0.05) is 31.4 Å². The summed E-state index contributed by atoms with van der Waals surface area (Å²) in [6, 6.07) is 5.69. The average Bonchev–Trinajstić information content (AvgIpc) is 2.75. The van der Waals surface area contributed by atoms with Gasteiger partial charge < -0.3 is 25.8 Å². The third kappa shape index (κ3) is 6.95. The second kappa shape index (κ2) is 11.3. The van der Waals surface area contributed by atoms with Crippen molar-refractivity contribution in [1.82, 2.24) is 16.0 Å². The van der Waals surface area contributed by atoms with E-state index in [2.05, 4.69) is 16.0 Å². The van der Waals surface area contributed by atoms with Crippen molar-refractivity contribution in [2.45, 2.75) is 82.2 Å². The number of halogens is 1. The minimum Gasteiger partial charge on any atom is -0.394 e. The van der Waals surface area contributed by atoms with Gasteiger partial charge in [0, 0.05) is 12.6 Å². The number of nitrogens with one attached hydrogen (secondary N) is 3. The summed E-state index contributed by atoms with van der Waals surface area (Å²) in [7, 11) is 0. The molecule has 1 aromatic carbocycles. The number of aliphatic hydroxyl groups excluding tert-OH is 1. The van der Waals surface area contributed by atoms with E-state index >= 15 is 0 Å². The third-order valence-corrected chi connectivity index (χ3v) is 5.87. The second-order valence-corrected chi connectivity index (χ2v) is 8.22. The molecular weight excluding hydrogens is 389 g/mol. The van der Waals surface area contributed by atoms with Crippen LogP contribution >= 0.6 is 0 Å². The van der Waals surface area contributed by atoms with E-state index < -0.39 is 6.10 Å². The van der Waals surface area contributed by atoms with Crippen LogP contribution in [-0.4, -0.2) is 47.9 Å². The number of amides is 3. The largest absolute Gasteiger partial charge is 0.394 e. The molecule has 1 aliphatic heterocycles. The van der Waals surface area contributed by atoms with E-state index in [4.69, 9.17) is 4.74 Å². The maximum Gasteiger partial charge on any atom is 0.315 e. The number of carbonyl (C=O) groups excluding carboxylic acids is 2. The molecule has 1 aromatic rings. The number of carbonyl (C=O) groups is 2. The molecular formula is C22H32FN3O4. The molecule has 3 amide bonds. The van der Waals surface area contributed by atoms with Crippen LogP contribution in [0.1, 0.15) is 56.9 Å². The molecule has 1 saturated carbocycles. The molecule has 1 saturated heterocycles. The van der Waals surface area contributed by atoms with Gasteiger partial charge in [0.25, 0.3) is 0 Å². The molecule has 1 aliphatic carbocycles. The Hall–Kier alpha value is -2.19. The van der Waals surface area contributed by atoms with Crippen molar-refractivity contribution >= 4 is 11.9 Å². The summed E-state index contributed by atoms with van der Waals surface area (Å²) >= 11 is 0. The summed E-state index contributed by atoms with van der Waals surface area (Å²) < 4.78 is 18.8. The van der Waals surface area contributed by atoms with Crippen LogP contribution in [0.3, 0.4) is 0 Å². The number of aliphatic hydroxyl groups is 1. The van der Waals surface area contributed by atoms with Crippen molar-refractivity contribution in [3.8, 4) is 0 Å². The minimum absolute atomic E-state index is 0.164. The van der Waals surface area contributed by atoms with Crippen molar-refractivity contribution in [3.63, 3.8) is 0 Å². The van der Waals surface area contributed by atoms with E-state index in [1.807, 2.05) is 0 Å². The Morgan fingerprint density at radius 3 is 2.47 bits per heavy atom. The highest BCUT2D eigenvalue weighted by molar-refractivity contribution is 5.76. The molecule has 3 rings (SSSR count). The van der Waals surface area contributed by atoms with E-state index in [0.29, 0.717) is 19.4 Å². The Labute approximate surface area is 176 Å². The Morgan fingerprint density at radius 1 is 1.03 bits per heavy atom. The molecule has 8 heteroatoms. The number of urea groups is 1. The van der Waals surface area contributed by atoms with Gasteiger partial charge in [-0.15, -0.1) is 0 Å². The zero-order valence-electron chi connectivity index (χ0n) is 17.2. The van der Waals surface area contributed by atoms with Crippen LogP contribution in [0.4, 0.5) is 9.18 Å². The lowest BCUT2D eigenvalue weighted by atomic mass is 9.95. The van der Waals surface area contributed by atoms with Crippen LogP contribution in [-0.2, 0) is 16.1 Å². The first-order valence-corrected chi connectivity index (χ1v) is 10.9. The minimum atomic E-state index is -0.536. The van der Waals surface area contributed by atoms with E-state index in [9.17, 15) is 19.1 Å².